The van der Waals surface area contributed by atoms with Gasteiger partial charge in [-0.25, -0.2) is 9.36 Å². The molecule has 1 aliphatic rings. The molecule has 29 heavy (non-hydrogen) atoms. The Morgan fingerprint density at radius 1 is 1.00 bits per heavy atom. The van der Waals surface area contributed by atoms with Gasteiger partial charge in [0.2, 0.25) is 5.91 Å². The Balaban J connectivity index is 1.85. The average Bonchev–Trinajstić information content (AvgIpc) is 3.28. The molecular formula is C22H23N3O4. The molecular weight excluding hydrogens is 370 g/mol. The van der Waals surface area contributed by atoms with Gasteiger partial charge in [0.1, 0.15) is 12.3 Å². The van der Waals surface area contributed by atoms with E-state index >= 15 is 0 Å². The molecule has 2 aromatic carbocycles. The van der Waals surface area contributed by atoms with E-state index in [4.69, 9.17) is 4.74 Å². The summed E-state index contributed by atoms with van der Waals surface area (Å²) in [5, 5.41) is 0.398. The first kappa shape index (κ1) is 19.0. The van der Waals surface area contributed by atoms with Gasteiger partial charge in [0.15, 0.2) is 0 Å². The Morgan fingerprint density at radius 2 is 1.69 bits per heavy atom. The lowest BCUT2D eigenvalue weighted by atomic mass is 10.2. The van der Waals surface area contributed by atoms with E-state index in [1.807, 2.05) is 6.92 Å². The maximum Gasteiger partial charge on any atom is 0.336 e. The zero-order chi connectivity index (χ0) is 20.4. The van der Waals surface area contributed by atoms with Crippen LogP contribution in [0.3, 0.4) is 0 Å². The number of ether oxygens (including phenoxy) is 1. The molecule has 0 N–H and O–H groups in total. The third-order valence-electron chi connectivity index (χ3n) is 5.21. The van der Waals surface area contributed by atoms with Gasteiger partial charge in [0.05, 0.1) is 23.2 Å². The Morgan fingerprint density at radius 3 is 2.38 bits per heavy atom. The van der Waals surface area contributed by atoms with Crippen LogP contribution in [-0.4, -0.2) is 39.6 Å². The van der Waals surface area contributed by atoms with Crippen molar-refractivity contribution in [2.75, 3.05) is 19.7 Å². The van der Waals surface area contributed by atoms with Gasteiger partial charge < -0.3 is 9.64 Å². The van der Waals surface area contributed by atoms with Crippen LogP contribution in [0.25, 0.3) is 16.6 Å². The van der Waals surface area contributed by atoms with E-state index < -0.39 is 11.2 Å². The van der Waals surface area contributed by atoms with Gasteiger partial charge in [-0.3, -0.25) is 14.2 Å². The molecule has 1 aliphatic heterocycles. The molecule has 2 heterocycles. The molecule has 150 valence electrons. The normalized spacial score (nSPS) is 13.8. The standard InChI is InChI=1S/C22H23N3O4/c1-2-29-17-11-9-16(10-12-17)25-21(27)18-7-3-4-8-19(18)24(22(25)28)15-20(26)23-13-5-6-14-23/h3-4,7-12H,2,5-6,13-15H2,1H3. The SMILES string of the molecule is CCOc1ccc(-n2c(=O)c3ccccc3n(CC(=O)N3CCCC3)c2=O)cc1. The molecule has 0 radical (unpaired) electrons. The molecule has 0 aliphatic carbocycles. The van der Waals surface area contributed by atoms with Crippen LogP contribution in [0.2, 0.25) is 0 Å². The van der Waals surface area contributed by atoms with E-state index in [0.29, 0.717) is 42.0 Å². The van der Waals surface area contributed by atoms with E-state index in [0.717, 1.165) is 17.4 Å². The number of para-hydroxylation sites is 1. The van der Waals surface area contributed by atoms with E-state index in [1.54, 1.807) is 53.4 Å². The summed E-state index contributed by atoms with van der Waals surface area (Å²) in [6.07, 6.45) is 1.96. The lowest BCUT2D eigenvalue weighted by molar-refractivity contribution is -0.130. The molecule has 4 rings (SSSR count). The second-order valence-corrected chi connectivity index (χ2v) is 7.04. The van der Waals surface area contributed by atoms with Crippen LogP contribution in [0.5, 0.6) is 5.75 Å². The Kier molecular flexibility index (Phi) is 5.20. The first-order valence-electron chi connectivity index (χ1n) is 9.85. The summed E-state index contributed by atoms with van der Waals surface area (Å²) < 4.78 is 7.96. The fraction of sp³-hybridized carbons (Fsp3) is 0.318. The van der Waals surface area contributed by atoms with E-state index in [-0.39, 0.29) is 12.5 Å². The maximum atomic E-state index is 13.3. The number of carbonyl (C=O) groups excluding carboxylic acids is 1. The molecule has 7 nitrogen and oxygen atoms in total. The smallest absolute Gasteiger partial charge is 0.336 e. The summed E-state index contributed by atoms with van der Waals surface area (Å²) in [7, 11) is 0. The fourth-order valence-electron chi connectivity index (χ4n) is 3.76. The van der Waals surface area contributed by atoms with Crippen molar-refractivity contribution in [1.29, 1.82) is 0 Å². The third kappa shape index (κ3) is 3.55. The zero-order valence-corrected chi connectivity index (χ0v) is 16.3. The molecule has 1 aromatic heterocycles. The lowest BCUT2D eigenvalue weighted by Gasteiger charge is -2.18. The van der Waals surface area contributed by atoms with Crippen molar-refractivity contribution < 1.29 is 9.53 Å². The minimum absolute atomic E-state index is 0.0867. The number of carbonyl (C=O) groups is 1. The number of aromatic nitrogens is 2. The molecule has 3 aromatic rings. The predicted octanol–water partition coefficient (Wildman–Crippen LogP) is 2.17. The molecule has 0 atom stereocenters. The highest BCUT2D eigenvalue weighted by molar-refractivity contribution is 5.82. The number of fused-ring (bicyclic) bond motifs is 1. The topological polar surface area (TPSA) is 73.5 Å². The third-order valence-corrected chi connectivity index (χ3v) is 5.21. The predicted molar refractivity (Wildman–Crippen MR) is 111 cm³/mol. The van der Waals surface area contributed by atoms with Gasteiger partial charge in [-0.05, 0) is 56.2 Å². The molecule has 0 unspecified atom stereocenters. The van der Waals surface area contributed by atoms with Gasteiger partial charge in [0, 0.05) is 13.1 Å². The van der Waals surface area contributed by atoms with E-state index in [1.165, 1.54) is 4.57 Å². The minimum atomic E-state index is -0.523. The summed E-state index contributed by atoms with van der Waals surface area (Å²) in [5.41, 5.74) is -0.0150. The zero-order valence-electron chi connectivity index (χ0n) is 16.3. The number of amides is 1. The molecule has 1 fully saturated rings. The first-order valence-corrected chi connectivity index (χ1v) is 9.85. The van der Waals surface area contributed by atoms with Crippen LogP contribution in [0.4, 0.5) is 0 Å². The van der Waals surface area contributed by atoms with Crippen LogP contribution >= 0.6 is 0 Å². The van der Waals surface area contributed by atoms with Crippen molar-refractivity contribution in [1.82, 2.24) is 14.0 Å². The maximum absolute atomic E-state index is 13.3. The molecule has 0 bridgehead atoms. The summed E-state index contributed by atoms with van der Waals surface area (Å²) in [6, 6.07) is 13.7. The van der Waals surface area contributed by atoms with E-state index in [9.17, 15) is 14.4 Å². The molecule has 7 heteroatoms. The second-order valence-electron chi connectivity index (χ2n) is 7.04. The lowest BCUT2D eigenvalue weighted by Crippen LogP contribution is -2.42. The number of nitrogens with zero attached hydrogens (tertiary/aromatic N) is 3. The summed E-state index contributed by atoms with van der Waals surface area (Å²) in [4.78, 5) is 40.9. The molecule has 1 amide bonds. The van der Waals surface area contributed by atoms with Crippen LogP contribution in [-0.2, 0) is 11.3 Å². The van der Waals surface area contributed by atoms with Crippen molar-refractivity contribution in [3.63, 3.8) is 0 Å². The van der Waals surface area contributed by atoms with Crippen molar-refractivity contribution in [2.24, 2.45) is 0 Å². The average molecular weight is 393 g/mol. The van der Waals surface area contributed by atoms with Crippen molar-refractivity contribution in [3.05, 3.63) is 69.4 Å². The van der Waals surface area contributed by atoms with Crippen LogP contribution < -0.4 is 16.0 Å². The van der Waals surface area contributed by atoms with Crippen molar-refractivity contribution in [3.8, 4) is 11.4 Å². The molecule has 0 spiro atoms. The Hall–Kier alpha value is -3.35. The van der Waals surface area contributed by atoms with Gasteiger partial charge in [-0.2, -0.15) is 0 Å². The van der Waals surface area contributed by atoms with Gasteiger partial charge in [-0.1, -0.05) is 12.1 Å². The number of likely N-dealkylation sites (tertiary alicyclic amines) is 1. The Labute approximate surface area is 167 Å². The largest absolute Gasteiger partial charge is 0.494 e. The summed E-state index contributed by atoms with van der Waals surface area (Å²) in [5.74, 6) is 0.557. The van der Waals surface area contributed by atoms with Gasteiger partial charge in [-0.15, -0.1) is 0 Å². The number of hydrogen-bond donors (Lipinski definition) is 0. The quantitative estimate of drug-likeness (QED) is 0.666. The molecule has 1 saturated heterocycles. The van der Waals surface area contributed by atoms with Gasteiger partial charge in [0.25, 0.3) is 5.56 Å². The van der Waals surface area contributed by atoms with Gasteiger partial charge >= 0.3 is 5.69 Å². The number of rotatable bonds is 5. The number of hydrogen-bond acceptors (Lipinski definition) is 4. The Bertz CT molecular complexity index is 1160. The first-order chi connectivity index (χ1) is 14.1. The summed E-state index contributed by atoms with van der Waals surface area (Å²) >= 11 is 0. The highest BCUT2D eigenvalue weighted by Crippen LogP contribution is 2.15. The van der Waals surface area contributed by atoms with Crippen LogP contribution in [0, 0.1) is 0 Å². The van der Waals surface area contributed by atoms with Crippen LogP contribution in [0.15, 0.2) is 58.1 Å². The second kappa shape index (κ2) is 7.95. The minimum Gasteiger partial charge on any atom is -0.494 e. The highest BCUT2D eigenvalue weighted by atomic mass is 16.5. The highest BCUT2D eigenvalue weighted by Gasteiger charge is 2.21. The van der Waals surface area contributed by atoms with Crippen molar-refractivity contribution >= 4 is 16.8 Å². The fourth-order valence-corrected chi connectivity index (χ4v) is 3.76. The summed E-state index contributed by atoms with van der Waals surface area (Å²) in [6.45, 7) is 3.75. The van der Waals surface area contributed by atoms with E-state index in [2.05, 4.69) is 0 Å². The number of benzene rings is 2. The monoisotopic (exact) mass is 393 g/mol. The van der Waals surface area contributed by atoms with Crippen molar-refractivity contribution in [2.45, 2.75) is 26.3 Å². The van der Waals surface area contributed by atoms with Crippen LogP contribution in [0.1, 0.15) is 19.8 Å². The molecule has 0 saturated carbocycles.